The van der Waals surface area contributed by atoms with Gasteiger partial charge in [-0.3, -0.25) is 0 Å². The summed E-state index contributed by atoms with van der Waals surface area (Å²) in [6.45, 7) is 8.20. The molecule has 0 saturated heterocycles. The highest BCUT2D eigenvalue weighted by Gasteiger charge is 2.20. The Hall–Kier alpha value is -1.61. The molecule has 106 valence electrons. The van der Waals surface area contributed by atoms with Crippen LogP contribution in [0.1, 0.15) is 31.9 Å². The van der Waals surface area contributed by atoms with Crippen LogP contribution < -0.4 is 4.74 Å². The number of benzene rings is 1. The van der Waals surface area contributed by atoms with Crippen molar-refractivity contribution in [3.8, 4) is 11.6 Å². The van der Waals surface area contributed by atoms with Gasteiger partial charge < -0.3 is 4.74 Å². The fourth-order valence-electron chi connectivity index (χ4n) is 1.91. The molecule has 0 unspecified atom stereocenters. The summed E-state index contributed by atoms with van der Waals surface area (Å²) in [4.78, 5) is 3.90. The van der Waals surface area contributed by atoms with Crippen molar-refractivity contribution < 1.29 is 9.13 Å². The minimum absolute atomic E-state index is 0.0644. The van der Waals surface area contributed by atoms with Crippen molar-refractivity contribution in [1.29, 1.82) is 0 Å². The number of ether oxygens (including phenoxy) is 1. The molecule has 0 amide bonds. The molecule has 4 heteroatoms. The van der Waals surface area contributed by atoms with Crippen molar-refractivity contribution in [2.45, 2.75) is 33.1 Å². The van der Waals surface area contributed by atoms with Gasteiger partial charge in [0.05, 0.1) is 5.02 Å². The topological polar surface area (TPSA) is 22.1 Å². The fourth-order valence-corrected chi connectivity index (χ4v) is 2.06. The number of hydrogen-bond donors (Lipinski definition) is 0. The molecule has 0 aliphatic heterocycles. The molecule has 0 radical (unpaired) electrons. The lowest BCUT2D eigenvalue weighted by molar-refractivity contribution is 0.408. The quantitative estimate of drug-likeness (QED) is 0.752. The summed E-state index contributed by atoms with van der Waals surface area (Å²) in [7, 11) is 0. The van der Waals surface area contributed by atoms with Gasteiger partial charge in [-0.2, -0.15) is 0 Å². The number of pyridine rings is 1. The Morgan fingerprint density at radius 2 is 1.90 bits per heavy atom. The standard InChI is InChI=1S/C16H17ClFNO/c1-10-5-6-12(16(2,3)4)14(7-10)20-15-13(18)8-11(17)9-19-15/h5-9H,1-4H3. The van der Waals surface area contributed by atoms with Crippen LogP contribution in [0, 0.1) is 12.7 Å². The minimum Gasteiger partial charge on any atom is -0.436 e. The van der Waals surface area contributed by atoms with Gasteiger partial charge in [-0.05, 0) is 30.0 Å². The predicted molar refractivity (Wildman–Crippen MR) is 79.2 cm³/mol. The van der Waals surface area contributed by atoms with E-state index >= 15 is 0 Å². The molecule has 1 aromatic heterocycles. The van der Waals surface area contributed by atoms with Crippen LogP contribution in [0.4, 0.5) is 4.39 Å². The van der Waals surface area contributed by atoms with E-state index < -0.39 is 5.82 Å². The maximum atomic E-state index is 13.8. The lowest BCUT2D eigenvalue weighted by Gasteiger charge is -2.22. The van der Waals surface area contributed by atoms with E-state index in [0.29, 0.717) is 5.75 Å². The van der Waals surface area contributed by atoms with Crippen LogP contribution in [0.15, 0.2) is 30.5 Å². The van der Waals surface area contributed by atoms with Crippen molar-refractivity contribution in [2.24, 2.45) is 0 Å². The third kappa shape index (κ3) is 3.28. The van der Waals surface area contributed by atoms with Gasteiger partial charge in [-0.25, -0.2) is 9.37 Å². The molecule has 20 heavy (non-hydrogen) atoms. The van der Waals surface area contributed by atoms with Gasteiger partial charge in [0.1, 0.15) is 5.75 Å². The number of nitrogens with zero attached hydrogens (tertiary/aromatic N) is 1. The normalized spacial score (nSPS) is 11.5. The molecule has 0 aliphatic rings. The SMILES string of the molecule is Cc1ccc(C(C)(C)C)c(Oc2ncc(Cl)cc2F)c1. The molecule has 0 aliphatic carbocycles. The zero-order valence-corrected chi connectivity index (χ0v) is 12.8. The monoisotopic (exact) mass is 293 g/mol. The minimum atomic E-state index is -0.570. The Balaban J connectivity index is 2.45. The van der Waals surface area contributed by atoms with E-state index in [-0.39, 0.29) is 16.3 Å². The van der Waals surface area contributed by atoms with Crippen LogP contribution in [0.2, 0.25) is 5.02 Å². The van der Waals surface area contributed by atoms with Crippen molar-refractivity contribution in [2.75, 3.05) is 0 Å². The van der Waals surface area contributed by atoms with E-state index in [1.807, 2.05) is 25.1 Å². The second kappa shape index (κ2) is 5.41. The van der Waals surface area contributed by atoms with E-state index in [0.717, 1.165) is 11.1 Å². The highest BCUT2D eigenvalue weighted by atomic mass is 35.5. The molecule has 0 bridgehead atoms. The molecule has 0 saturated carbocycles. The van der Waals surface area contributed by atoms with E-state index in [1.54, 1.807) is 0 Å². The number of aromatic nitrogens is 1. The third-order valence-electron chi connectivity index (χ3n) is 2.93. The van der Waals surface area contributed by atoms with Gasteiger partial charge in [-0.1, -0.05) is 44.5 Å². The summed E-state index contributed by atoms with van der Waals surface area (Å²) in [6, 6.07) is 7.09. The van der Waals surface area contributed by atoms with E-state index in [9.17, 15) is 4.39 Å². The first-order chi connectivity index (χ1) is 9.27. The summed E-state index contributed by atoms with van der Waals surface area (Å²) >= 11 is 5.69. The summed E-state index contributed by atoms with van der Waals surface area (Å²) < 4.78 is 19.5. The Kier molecular flexibility index (Phi) is 4.00. The summed E-state index contributed by atoms with van der Waals surface area (Å²) in [5.41, 5.74) is 1.94. The average Bonchev–Trinajstić information content (AvgIpc) is 2.31. The van der Waals surface area contributed by atoms with Crippen molar-refractivity contribution in [3.63, 3.8) is 0 Å². The van der Waals surface area contributed by atoms with Crippen molar-refractivity contribution in [1.82, 2.24) is 4.98 Å². The molecule has 2 nitrogen and oxygen atoms in total. The number of halogens is 2. The smallest absolute Gasteiger partial charge is 0.255 e. The first kappa shape index (κ1) is 14.8. The van der Waals surface area contributed by atoms with E-state index in [1.165, 1.54) is 12.3 Å². The highest BCUT2D eigenvalue weighted by molar-refractivity contribution is 6.30. The molecule has 2 aromatic rings. The molecular formula is C16H17ClFNO. The second-order valence-corrected chi connectivity index (χ2v) is 6.23. The maximum Gasteiger partial charge on any atom is 0.255 e. The molecule has 1 heterocycles. The van der Waals surface area contributed by atoms with Gasteiger partial charge in [0.15, 0.2) is 5.82 Å². The first-order valence-electron chi connectivity index (χ1n) is 6.37. The predicted octanol–water partition coefficient (Wildman–Crippen LogP) is 5.27. The Morgan fingerprint density at radius 3 is 2.50 bits per heavy atom. The van der Waals surface area contributed by atoms with Crippen LogP contribution >= 0.6 is 11.6 Å². The molecule has 0 spiro atoms. The second-order valence-electron chi connectivity index (χ2n) is 5.79. The maximum absolute atomic E-state index is 13.8. The van der Waals surface area contributed by atoms with Gasteiger partial charge in [0, 0.05) is 11.8 Å². The molecular weight excluding hydrogens is 277 g/mol. The summed E-state index contributed by atoms with van der Waals surface area (Å²) in [5, 5.41) is 0.245. The number of aryl methyl sites for hydroxylation is 1. The van der Waals surface area contributed by atoms with Crippen LogP contribution in [0.3, 0.4) is 0 Å². The zero-order valence-electron chi connectivity index (χ0n) is 12.0. The lowest BCUT2D eigenvalue weighted by atomic mass is 9.86. The van der Waals surface area contributed by atoms with Crippen LogP contribution in [-0.4, -0.2) is 4.98 Å². The Morgan fingerprint density at radius 1 is 1.20 bits per heavy atom. The van der Waals surface area contributed by atoms with Crippen LogP contribution in [0.5, 0.6) is 11.6 Å². The summed E-state index contributed by atoms with van der Waals surface area (Å²) in [5.74, 6) is -0.0180. The first-order valence-corrected chi connectivity index (χ1v) is 6.75. The average molecular weight is 294 g/mol. The molecule has 0 atom stereocenters. The van der Waals surface area contributed by atoms with Crippen molar-refractivity contribution in [3.05, 3.63) is 52.4 Å². The van der Waals surface area contributed by atoms with E-state index in [2.05, 4.69) is 25.8 Å². The lowest BCUT2D eigenvalue weighted by Crippen LogP contribution is -2.13. The summed E-state index contributed by atoms with van der Waals surface area (Å²) in [6.07, 6.45) is 1.37. The van der Waals surface area contributed by atoms with Crippen LogP contribution in [-0.2, 0) is 5.41 Å². The van der Waals surface area contributed by atoms with Gasteiger partial charge in [-0.15, -0.1) is 0 Å². The number of rotatable bonds is 2. The molecule has 0 N–H and O–H groups in total. The van der Waals surface area contributed by atoms with Crippen molar-refractivity contribution >= 4 is 11.6 Å². The highest BCUT2D eigenvalue weighted by Crippen LogP contribution is 2.35. The fraction of sp³-hybridized carbons (Fsp3) is 0.312. The van der Waals surface area contributed by atoms with Gasteiger partial charge in [0.25, 0.3) is 5.88 Å². The van der Waals surface area contributed by atoms with Gasteiger partial charge >= 0.3 is 0 Å². The Bertz CT molecular complexity index is 635. The molecule has 1 aromatic carbocycles. The Labute approximate surface area is 123 Å². The van der Waals surface area contributed by atoms with Crippen LogP contribution in [0.25, 0.3) is 0 Å². The third-order valence-corrected chi connectivity index (χ3v) is 3.13. The number of hydrogen-bond acceptors (Lipinski definition) is 2. The van der Waals surface area contributed by atoms with Gasteiger partial charge in [0.2, 0.25) is 0 Å². The molecule has 0 fully saturated rings. The van der Waals surface area contributed by atoms with E-state index in [4.69, 9.17) is 16.3 Å². The molecule has 2 rings (SSSR count). The zero-order chi connectivity index (χ0) is 14.9. The largest absolute Gasteiger partial charge is 0.436 e.